The Morgan fingerprint density at radius 1 is 1.75 bits per heavy atom. The highest BCUT2D eigenvalue weighted by Crippen LogP contribution is 2.32. The molecule has 0 aromatic heterocycles. The lowest BCUT2D eigenvalue weighted by Crippen LogP contribution is -2.64. The molecule has 0 heterocycles. The van der Waals surface area contributed by atoms with Gasteiger partial charge in [-0.3, -0.25) is 0 Å². The van der Waals surface area contributed by atoms with E-state index in [-0.39, 0.29) is 12.5 Å². The zero-order valence-electron chi connectivity index (χ0n) is 6.73. The van der Waals surface area contributed by atoms with E-state index in [0.29, 0.717) is 6.42 Å². The summed E-state index contributed by atoms with van der Waals surface area (Å²) >= 11 is 0. The number of hydrogen-bond donors (Lipinski definition) is 4. The van der Waals surface area contributed by atoms with E-state index in [0.717, 1.165) is 6.42 Å². The van der Waals surface area contributed by atoms with E-state index in [1.165, 1.54) is 0 Å². The van der Waals surface area contributed by atoms with Crippen molar-refractivity contribution >= 4 is 5.97 Å². The molecule has 12 heavy (non-hydrogen) atoms. The summed E-state index contributed by atoms with van der Waals surface area (Å²) in [5.41, 5.74) is 10.6. The summed E-state index contributed by atoms with van der Waals surface area (Å²) in [5, 5.41) is 17.4. The van der Waals surface area contributed by atoms with Crippen LogP contribution < -0.4 is 11.5 Å². The number of aliphatic hydroxyl groups excluding tert-OH is 1. The summed E-state index contributed by atoms with van der Waals surface area (Å²) in [4.78, 5) is 10.3. The van der Waals surface area contributed by atoms with Gasteiger partial charge in [0.1, 0.15) is 0 Å². The van der Waals surface area contributed by atoms with Gasteiger partial charge >= 0.3 is 5.97 Å². The van der Waals surface area contributed by atoms with Crippen molar-refractivity contribution in [1.29, 1.82) is 0 Å². The summed E-state index contributed by atoms with van der Waals surface area (Å²) in [7, 11) is 0. The molecule has 0 spiro atoms. The molecule has 0 amide bonds. The normalized spacial score (nSPS) is 37.1. The predicted molar refractivity (Wildman–Crippen MR) is 42.4 cm³/mol. The molecule has 0 bridgehead atoms. The average Bonchev–Trinajstić information content (AvgIpc) is 2.01. The van der Waals surface area contributed by atoms with Crippen LogP contribution in [0.25, 0.3) is 0 Å². The number of carbonyl (C=O) groups is 1. The fraction of sp³-hybridized carbons (Fsp3) is 0.857. The SMILES string of the molecule is NC1CCC1(N)CC(O)C(=O)O. The summed E-state index contributed by atoms with van der Waals surface area (Å²) < 4.78 is 0. The van der Waals surface area contributed by atoms with E-state index in [1.54, 1.807) is 0 Å². The van der Waals surface area contributed by atoms with Crippen LogP contribution in [0, 0.1) is 0 Å². The zero-order valence-corrected chi connectivity index (χ0v) is 6.73. The van der Waals surface area contributed by atoms with Crippen molar-refractivity contribution < 1.29 is 15.0 Å². The van der Waals surface area contributed by atoms with Gasteiger partial charge in [-0.2, -0.15) is 0 Å². The third kappa shape index (κ3) is 1.57. The summed E-state index contributed by atoms with van der Waals surface area (Å²) in [6.45, 7) is 0. The van der Waals surface area contributed by atoms with Crippen molar-refractivity contribution in [3.63, 3.8) is 0 Å². The minimum absolute atomic E-state index is 0.0451. The largest absolute Gasteiger partial charge is 0.479 e. The van der Waals surface area contributed by atoms with Crippen LogP contribution in [0.15, 0.2) is 0 Å². The number of carboxylic acids is 1. The molecular formula is C7H14N2O3. The number of carboxylic acid groups (broad SMARTS) is 1. The lowest BCUT2D eigenvalue weighted by Gasteiger charge is -2.45. The van der Waals surface area contributed by atoms with E-state index >= 15 is 0 Å². The van der Waals surface area contributed by atoms with Gasteiger partial charge in [-0.25, -0.2) is 4.79 Å². The molecule has 1 saturated carbocycles. The quantitative estimate of drug-likeness (QED) is 0.422. The molecule has 70 valence electrons. The fourth-order valence-electron chi connectivity index (χ4n) is 1.38. The zero-order chi connectivity index (χ0) is 9.35. The smallest absolute Gasteiger partial charge is 0.332 e. The van der Waals surface area contributed by atoms with Crippen molar-refractivity contribution in [1.82, 2.24) is 0 Å². The van der Waals surface area contributed by atoms with Gasteiger partial charge in [0.15, 0.2) is 6.10 Å². The minimum atomic E-state index is -1.39. The van der Waals surface area contributed by atoms with Crippen molar-refractivity contribution in [2.24, 2.45) is 11.5 Å². The third-order valence-electron chi connectivity index (χ3n) is 2.52. The third-order valence-corrected chi connectivity index (χ3v) is 2.52. The minimum Gasteiger partial charge on any atom is -0.479 e. The van der Waals surface area contributed by atoms with Crippen molar-refractivity contribution in [2.45, 2.75) is 36.9 Å². The Hall–Kier alpha value is -0.650. The maximum Gasteiger partial charge on any atom is 0.332 e. The van der Waals surface area contributed by atoms with E-state index in [4.69, 9.17) is 21.7 Å². The van der Waals surface area contributed by atoms with Crippen molar-refractivity contribution in [2.75, 3.05) is 0 Å². The van der Waals surface area contributed by atoms with Crippen molar-refractivity contribution in [3.8, 4) is 0 Å². The Morgan fingerprint density at radius 2 is 2.33 bits per heavy atom. The van der Waals surface area contributed by atoms with Gasteiger partial charge in [-0.15, -0.1) is 0 Å². The molecule has 6 N–H and O–H groups in total. The van der Waals surface area contributed by atoms with Crippen LogP contribution in [0.5, 0.6) is 0 Å². The van der Waals surface area contributed by atoms with Crippen LogP contribution >= 0.6 is 0 Å². The average molecular weight is 174 g/mol. The van der Waals surface area contributed by atoms with Gasteiger partial charge in [-0.1, -0.05) is 0 Å². The highest BCUT2D eigenvalue weighted by molar-refractivity contribution is 5.72. The van der Waals surface area contributed by atoms with Crippen LogP contribution in [0.3, 0.4) is 0 Å². The predicted octanol–water partition coefficient (Wildman–Crippen LogP) is -1.36. The van der Waals surface area contributed by atoms with E-state index in [9.17, 15) is 4.79 Å². The lowest BCUT2D eigenvalue weighted by atomic mass is 9.70. The molecule has 0 saturated heterocycles. The Labute approximate surface area is 70.4 Å². The number of hydrogen-bond acceptors (Lipinski definition) is 4. The van der Waals surface area contributed by atoms with Crippen molar-refractivity contribution in [3.05, 3.63) is 0 Å². The molecule has 5 nitrogen and oxygen atoms in total. The number of nitrogens with two attached hydrogens (primary N) is 2. The van der Waals surface area contributed by atoms with Crippen LogP contribution in [-0.2, 0) is 4.79 Å². The highest BCUT2D eigenvalue weighted by atomic mass is 16.4. The second-order valence-electron chi connectivity index (χ2n) is 3.44. The Morgan fingerprint density at radius 3 is 2.58 bits per heavy atom. The highest BCUT2D eigenvalue weighted by Gasteiger charge is 2.43. The van der Waals surface area contributed by atoms with E-state index in [2.05, 4.69) is 0 Å². The van der Waals surface area contributed by atoms with Gasteiger partial charge in [-0.05, 0) is 12.8 Å². The van der Waals surface area contributed by atoms with Crippen LogP contribution in [-0.4, -0.2) is 33.9 Å². The van der Waals surface area contributed by atoms with E-state index in [1.807, 2.05) is 0 Å². The summed E-state index contributed by atoms with van der Waals surface area (Å²) in [6, 6.07) is -0.175. The molecule has 1 aliphatic carbocycles. The Kier molecular flexibility index (Phi) is 2.36. The monoisotopic (exact) mass is 174 g/mol. The van der Waals surface area contributed by atoms with Gasteiger partial charge in [0.2, 0.25) is 0 Å². The first kappa shape index (κ1) is 9.44. The van der Waals surface area contributed by atoms with E-state index < -0.39 is 17.6 Å². The molecule has 0 aromatic carbocycles. The molecule has 3 atom stereocenters. The molecule has 0 aliphatic heterocycles. The lowest BCUT2D eigenvalue weighted by molar-refractivity contribution is -0.148. The fourth-order valence-corrected chi connectivity index (χ4v) is 1.38. The van der Waals surface area contributed by atoms with Gasteiger partial charge in [0.05, 0.1) is 0 Å². The molecule has 0 aromatic rings. The Balaban J connectivity index is 2.45. The maximum absolute atomic E-state index is 10.3. The first-order chi connectivity index (χ1) is 5.46. The summed E-state index contributed by atoms with van der Waals surface area (Å²) in [5.74, 6) is -1.24. The molecule has 3 unspecified atom stereocenters. The second kappa shape index (κ2) is 3.01. The molecular weight excluding hydrogens is 160 g/mol. The van der Waals surface area contributed by atoms with Crippen LogP contribution in [0.1, 0.15) is 19.3 Å². The maximum atomic E-state index is 10.3. The number of rotatable bonds is 3. The van der Waals surface area contributed by atoms with Crippen LogP contribution in [0.2, 0.25) is 0 Å². The molecule has 1 aliphatic rings. The molecule has 1 rings (SSSR count). The van der Waals surface area contributed by atoms with Gasteiger partial charge in [0.25, 0.3) is 0 Å². The summed E-state index contributed by atoms with van der Waals surface area (Å²) in [6.07, 6.45) is 0.159. The first-order valence-corrected chi connectivity index (χ1v) is 3.91. The molecule has 5 heteroatoms. The van der Waals surface area contributed by atoms with Gasteiger partial charge < -0.3 is 21.7 Å². The number of aliphatic hydroxyl groups is 1. The van der Waals surface area contributed by atoms with Gasteiger partial charge in [0, 0.05) is 18.0 Å². The first-order valence-electron chi connectivity index (χ1n) is 3.91. The Bertz CT molecular complexity index is 197. The topological polar surface area (TPSA) is 110 Å². The number of aliphatic carboxylic acids is 1. The second-order valence-corrected chi connectivity index (χ2v) is 3.44. The molecule has 1 fully saturated rings. The molecule has 0 radical (unpaired) electrons. The standard InChI is InChI=1S/C7H14N2O3/c8-5-1-2-7(5,9)3-4(10)6(11)12/h4-5,10H,1-3,8-9H2,(H,11,12). The van der Waals surface area contributed by atoms with Crippen LogP contribution in [0.4, 0.5) is 0 Å².